The van der Waals surface area contributed by atoms with Crippen molar-refractivity contribution in [2.75, 3.05) is 20.1 Å². The maximum Gasteiger partial charge on any atom is 0.254 e. The average molecular weight is 306 g/mol. The lowest BCUT2D eigenvalue weighted by atomic mass is 9.99. The molecule has 0 aromatic carbocycles. The molecule has 1 aliphatic heterocycles. The van der Waals surface area contributed by atoms with Gasteiger partial charge in [-0.15, -0.1) is 0 Å². The third-order valence-corrected chi connectivity index (χ3v) is 4.28. The Balaban J connectivity index is 1.90. The minimum Gasteiger partial charge on any atom is -0.380 e. The Morgan fingerprint density at radius 2 is 2.18 bits per heavy atom. The maximum absolute atomic E-state index is 12.4. The second-order valence-corrected chi connectivity index (χ2v) is 6.30. The van der Waals surface area contributed by atoms with E-state index in [0.717, 1.165) is 18.7 Å². The van der Waals surface area contributed by atoms with Crippen LogP contribution in [0.2, 0.25) is 0 Å². The number of aromatic nitrogens is 2. The molecule has 1 aromatic heterocycles. The quantitative estimate of drug-likeness (QED) is 0.851. The zero-order valence-electron chi connectivity index (χ0n) is 13.7. The molecular weight excluding hydrogens is 280 g/mol. The van der Waals surface area contributed by atoms with Crippen molar-refractivity contribution in [2.24, 2.45) is 0 Å². The molecule has 1 N–H and O–H groups in total. The Kier molecular flexibility index (Phi) is 5.47. The Morgan fingerprint density at radius 3 is 2.82 bits per heavy atom. The molecule has 6 heteroatoms. The molecule has 0 radical (unpaired) electrons. The predicted molar refractivity (Wildman–Crippen MR) is 84.0 cm³/mol. The topological polar surface area (TPSA) is 69.6 Å². The lowest BCUT2D eigenvalue weighted by Gasteiger charge is -2.29. The van der Waals surface area contributed by atoms with E-state index in [0.29, 0.717) is 26.1 Å². The molecule has 1 fully saturated rings. The van der Waals surface area contributed by atoms with E-state index in [1.807, 2.05) is 14.0 Å². The normalized spacial score (nSPS) is 21.1. The molecule has 1 saturated heterocycles. The zero-order valence-corrected chi connectivity index (χ0v) is 13.7. The SMILES string of the molecule is CCC[C@@](C)(O)C(=O)N1CC[C@@H](N(C)Cc2ncccn2)C1. The van der Waals surface area contributed by atoms with Crippen molar-refractivity contribution in [3.63, 3.8) is 0 Å². The third-order valence-electron chi connectivity index (χ3n) is 4.28. The second kappa shape index (κ2) is 7.15. The van der Waals surface area contributed by atoms with E-state index in [2.05, 4.69) is 14.9 Å². The molecule has 0 saturated carbocycles. The van der Waals surface area contributed by atoms with Crippen molar-refractivity contribution in [3.8, 4) is 0 Å². The Bertz CT molecular complexity index is 492. The number of likely N-dealkylation sites (N-methyl/N-ethyl adjacent to an activating group) is 1. The molecule has 0 unspecified atom stereocenters. The lowest BCUT2D eigenvalue weighted by molar-refractivity contribution is -0.149. The summed E-state index contributed by atoms with van der Waals surface area (Å²) in [5.41, 5.74) is -1.25. The Morgan fingerprint density at radius 1 is 1.50 bits per heavy atom. The highest BCUT2D eigenvalue weighted by Gasteiger charge is 2.37. The number of aliphatic hydroxyl groups is 1. The van der Waals surface area contributed by atoms with Gasteiger partial charge in [0.2, 0.25) is 0 Å². The first kappa shape index (κ1) is 16.8. The number of hydrogen-bond donors (Lipinski definition) is 1. The summed E-state index contributed by atoms with van der Waals surface area (Å²) in [5.74, 6) is 0.633. The van der Waals surface area contributed by atoms with Crippen LogP contribution in [0.3, 0.4) is 0 Å². The third kappa shape index (κ3) is 4.01. The van der Waals surface area contributed by atoms with E-state index in [1.54, 1.807) is 30.3 Å². The molecule has 6 nitrogen and oxygen atoms in total. The highest BCUT2D eigenvalue weighted by Crippen LogP contribution is 2.22. The van der Waals surface area contributed by atoms with Crippen LogP contribution >= 0.6 is 0 Å². The van der Waals surface area contributed by atoms with E-state index in [-0.39, 0.29) is 11.9 Å². The first-order chi connectivity index (χ1) is 10.4. The fourth-order valence-corrected chi connectivity index (χ4v) is 2.98. The van der Waals surface area contributed by atoms with Gasteiger partial charge in [-0.3, -0.25) is 9.69 Å². The van der Waals surface area contributed by atoms with Crippen LogP contribution in [0.25, 0.3) is 0 Å². The molecule has 0 aliphatic carbocycles. The number of amides is 1. The van der Waals surface area contributed by atoms with Crippen LogP contribution in [-0.2, 0) is 11.3 Å². The number of nitrogens with zero attached hydrogens (tertiary/aromatic N) is 4. The number of carbonyl (C=O) groups excluding carboxylic acids is 1. The highest BCUT2D eigenvalue weighted by molar-refractivity contribution is 5.84. The van der Waals surface area contributed by atoms with Gasteiger partial charge in [0, 0.05) is 31.5 Å². The van der Waals surface area contributed by atoms with Gasteiger partial charge >= 0.3 is 0 Å². The van der Waals surface area contributed by atoms with Gasteiger partial charge in [0.25, 0.3) is 5.91 Å². The van der Waals surface area contributed by atoms with E-state index >= 15 is 0 Å². The summed E-state index contributed by atoms with van der Waals surface area (Å²) in [6, 6.07) is 2.08. The highest BCUT2D eigenvalue weighted by atomic mass is 16.3. The lowest BCUT2D eigenvalue weighted by Crippen LogP contribution is -2.47. The summed E-state index contributed by atoms with van der Waals surface area (Å²) in [5, 5.41) is 10.3. The largest absolute Gasteiger partial charge is 0.380 e. The first-order valence-corrected chi connectivity index (χ1v) is 7.92. The van der Waals surface area contributed by atoms with E-state index in [1.165, 1.54) is 0 Å². The summed E-state index contributed by atoms with van der Waals surface area (Å²) in [4.78, 5) is 24.8. The number of likely N-dealkylation sites (tertiary alicyclic amines) is 1. The Labute approximate surface area is 132 Å². The van der Waals surface area contributed by atoms with E-state index < -0.39 is 5.60 Å². The summed E-state index contributed by atoms with van der Waals surface area (Å²) >= 11 is 0. The summed E-state index contributed by atoms with van der Waals surface area (Å²) < 4.78 is 0. The van der Waals surface area contributed by atoms with Gasteiger partial charge in [-0.2, -0.15) is 0 Å². The molecule has 122 valence electrons. The zero-order chi connectivity index (χ0) is 16.2. The van der Waals surface area contributed by atoms with Crippen LogP contribution in [0.15, 0.2) is 18.5 Å². The smallest absolute Gasteiger partial charge is 0.254 e. The van der Waals surface area contributed by atoms with Gasteiger partial charge in [0.1, 0.15) is 11.4 Å². The van der Waals surface area contributed by atoms with Gasteiger partial charge < -0.3 is 10.0 Å². The second-order valence-electron chi connectivity index (χ2n) is 6.30. The fourth-order valence-electron chi connectivity index (χ4n) is 2.98. The van der Waals surface area contributed by atoms with Crippen LogP contribution in [-0.4, -0.2) is 62.6 Å². The van der Waals surface area contributed by atoms with E-state index in [9.17, 15) is 9.90 Å². The summed E-state index contributed by atoms with van der Waals surface area (Å²) in [6.07, 6.45) is 5.68. The molecular formula is C16H26N4O2. The van der Waals surface area contributed by atoms with Gasteiger partial charge in [-0.1, -0.05) is 13.3 Å². The van der Waals surface area contributed by atoms with Crippen LogP contribution in [0.4, 0.5) is 0 Å². The van der Waals surface area contributed by atoms with Crippen molar-refractivity contribution in [1.82, 2.24) is 19.8 Å². The van der Waals surface area contributed by atoms with Crippen molar-refractivity contribution < 1.29 is 9.90 Å². The minimum absolute atomic E-state index is 0.152. The van der Waals surface area contributed by atoms with Crippen molar-refractivity contribution in [3.05, 3.63) is 24.3 Å². The summed E-state index contributed by atoms with van der Waals surface area (Å²) in [7, 11) is 2.03. The monoisotopic (exact) mass is 306 g/mol. The predicted octanol–water partition coefficient (Wildman–Crippen LogP) is 1.06. The fraction of sp³-hybridized carbons (Fsp3) is 0.688. The van der Waals surface area contributed by atoms with Gasteiger partial charge in [-0.05, 0) is 32.9 Å². The minimum atomic E-state index is -1.25. The van der Waals surface area contributed by atoms with Crippen molar-refractivity contribution in [1.29, 1.82) is 0 Å². The van der Waals surface area contributed by atoms with E-state index in [4.69, 9.17) is 0 Å². The standard InChI is InChI=1S/C16H26N4O2/c1-4-7-16(2,22)15(21)20-10-6-13(11-20)19(3)12-14-17-8-5-9-18-14/h5,8-9,13,22H,4,6-7,10-12H2,1-3H3/t13-,16-/m1/s1. The first-order valence-electron chi connectivity index (χ1n) is 7.92. The molecule has 1 aromatic rings. The van der Waals surface area contributed by atoms with Gasteiger partial charge in [0.15, 0.2) is 0 Å². The molecule has 2 heterocycles. The number of carbonyl (C=O) groups is 1. The molecule has 2 rings (SSSR count). The number of hydrogen-bond acceptors (Lipinski definition) is 5. The van der Waals surface area contributed by atoms with Crippen molar-refractivity contribution >= 4 is 5.91 Å². The molecule has 0 bridgehead atoms. The molecule has 22 heavy (non-hydrogen) atoms. The van der Waals surface area contributed by atoms with Crippen LogP contribution in [0.1, 0.15) is 38.9 Å². The summed E-state index contributed by atoms with van der Waals surface area (Å²) in [6.45, 7) is 5.61. The average Bonchev–Trinajstić information content (AvgIpc) is 2.97. The van der Waals surface area contributed by atoms with Crippen molar-refractivity contribution in [2.45, 2.75) is 51.3 Å². The maximum atomic E-state index is 12.4. The van der Waals surface area contributed by atoms with Crippen LogP contribution in [0.5, 0.6) is 0 Å². The van der Waals surface area contributed by atoms with Gasteiger partial charge in [-0.25, -0.2) is 9.97 Å². The van der Waals surface area contributed by atoms with Crippen LogP contribution < -0.4 is 0 Å². The number of rotatable bonds is 6. The Hall–Kier alpha value is -1.53. The van der Waals surface area contributed by atoms with Gasteiger partial charge in [0.05, 0.1) is 6.54 Å². The molecule has 2 atom stereocenters. The molecule has 1 aliphatic rings. The molecule has 0 spiro atoms. The van der Waals surface area contributed by atoms with Crippen LogP contribution in [0, 0.1) is 0 Å². The molecule has 1 amide bonds.